The lowest BCUT2D eigenvalue weighted by Crippen LogP contribution is -2.50. The van der Waals surface area contributed by atoms with E-state index in [2.05, 4.69) is 0 Å². The quantitative estimate of drug-likeness (QED) is 0.854. The molecule has 1 fully saturated rings. The van der Waals surface area contributed by atoms with E-state index in [4.69, 9.17) is 10.5 Å². The number of benzene rings is 1. The molecule has 0 saturated carbocycles. The maximum Gasteiger partial charge on any atom is 0.243 e. The fraction of sp³-hybridized carbons (Fsp3) is 0.562. The largest absolute Gasteiger partial charge is 0.493 e. The van der Waals surface area contributed by atoms with Gasteiger partial charge in [-0.3, -0.25) is 4.79 Å². The highest BCUT2D eigenvalue weighted by Crippen LogP contribution is 2.26. The van der Waals surface area contributed by atoms with Crippen molar-refractivity contribution in [2.45, 2.75) is 44.0 Å². The van der Waals surface area contributed by atoms with Crippen molar-refractivity contribution in [1.82, 2.24) is 4.31 Å². The van der Waals surface area contributed by atoms with E-state index in [0.29, 0.717) is 31.2 Å². The predicted molar refractivity (Wildman–Crippen MR) is 87.5 cm³/mol. The van der Waals surface area contributed by atoms with Crippen LogP contribution in [-0.2, 0) is 14.8 Å². The topological polar surface area (TPSA) is 89.7 Å². The average Bonchev–Trinajstić information content (AvgIpc) is 2.53. The molecule has 0 aliphatic carbocycles. The van der Waals surface area contributed by atoms with Crippen molar-refractivity contribution in [2.75, 3.05) is 13.2 Å². The normalized spacial score (nSPS) is 19.7. The lowest BCUT2D eigenvalue weighted by Gasteiger charge is -2.32. The van der Waals surface area contributed by atoms with E-state index in [1.165, 1.54) is 16.4 Å². The number of primary amides is 1. The van der Waals surface area contributed by atoms with Gasteiger partial charge in [0.2, 0.25) is 15.9 Å². The Morgan fingerprint density at radius 2 is 1.96 bits per heavy atom. The summed E-state index contributed by atoms with van der Waals surface area (Å²) in [7, 11) is -3.73. The van der Waals surface area contributed by atoms with Crippen LogP contribution in [0.25, 0.3) is 0 Å². The molecule has 1 amide bonds. The van der Waals surface area contributed by atoms with Gasteiger partial charge in [0, 0.05) is 6.54 Å². The smallest absolute Gasteiger partial charge is 0.243 e. The molecule has 6 nitrogen and oxygen atoms in total. The highest BCUT2D eigenvalue weighted by molar-refractivity contribution is 7.89. The van der Waals surface area contributed by atoms with E-state index in [-0.39, 0.29) is 4.90 Å². The minimum absolute atomic E-state index is 0.155. The van der Waals surface area contributed by atoms with Crippen LogP contribution in [0.1, 0.15) is 33.1 Å². The summed E-state index contributed by atoms with van der Waals surface area (Å²) in [6.45, 7) is 4.97. The second kappa shape index (κ2) is 7.31. The third-order valence-corrected chi connectivity index (χ3v) is 5.72. The summed E-state index contributed by atoms with van der Waals surface area (Å²) >= 11 is 0. The molecule has 0 bridgehead atoms. The standard InChI is InChI=1S/C16H24N2O4S/c1-12(2)11-22-13-6-8-14(9-7-13)23(20,21)18-10-4-3-5-15(18)16(17)19/h6-9,12,15H,3-5,10-11H2,1-2H3,(H2,17,19)/t15-/m0/s1. The van der Waals surface area contributed by atoms with Gasteiger partial charge in [-0.15, -0.1) is 0 Å². The third-order valence-electron chi connectivity index (χ3n) is 3.80. The molecular weight excluding hydrogens is 316 g/mol. The first kappa shape index (κ1) is 17.7. The number of nitrogens with zero attached hydrogens (tertiary/aromatic N) is 1. The number of ether oxygens (including phenoxy) is 1. The fourth-order valence-corrected chi connectivity index (χ4v) is 4.25. The highest BCUT2D eigenvalue weighted by Gasteiger charge is 2.36. The Morgan fingerprint density at radius 3 is 2.52 bits per heavy atom. The van der Waals surface area contributed by atoms with Crippen LogP contribution in [0.3, 0.4) is 0 Å². The van der Waals surface area contributed by atoms with Crippen LogP contribution in [0.5, 0.6) is 5.75 Å². The summed E-state index contributed by atoms with van der Waals surface area (Å²) < 4.78 is 32.3. The van der Waals surface area contributed by atoms with Gasteiger partial charge in [-0.25, -0.2) is 8.42 Å². The number of carbonyl (C=O) groups is 1. The first-order valence-corrected chi connectivity index (χ1v) is 9.30. The fourth-order valence-electron chi connectivity index (χ4n) is 2.58. The van der Waals surface area contributed by atoms with Crippen molar-refractivity contribution in [3.8, 4) is 5.75 Å². The van der Waals surface area contributed by atoms with E-state index in [9.17, 15) is 13.2 Å². The van der Waals surface area contributed by atoms with Gasteiger partial charge in [-0.1, -0.05) is 20.3 Å². The van der Waals surface area contributed by atoms with E-state index < -0.39 is 22.0 Å². The molecule has 1 heterocycles. The van der Waals surface area contributed by atoms with Gasteiger partial charge >= 0.3 is 0 Å². The number of carbonyl (C=O) groups excluding carboxylic acids is 1. The molecule has 2 rings (SSSR count). The van der Waals surface area contributed by atoms with Crippen molar-refractivity contribution < 1.29 is 17.9 Å². The number of rotatable bonds is 6. The van der Waals surface area contributed by atoms with Crippen molar-refractivity contribution in [3.63, 3.8) is 0 Å². The van der Waals surface area contributed by atoms with Crippen LogP contribution in [0.2, 0.25) is 0 Å². The minimum atomic E-state index is -3.73. The maximum absolute atomic E-state index is 12.8. The summed E-state index contributed by atoms with van der Waals surface area (Å²) in [4.78, 5) is 11.7. The lowest BCUT2D eigenvalue weighted by molar-refractivity contribution is -0.122. The zero-order valence-electron chi connectivity index (χ0n) is 13.6. The van der Waals surface area contributed by atoms with E-state index in [1.54, 1.807) is 12.1 Å². The molecule has 128 valence electrons. The number of piperidine rings is 1. The summed E-state index contributed by atoms with van der Waals surface area (Å²) in [6.07, 6.45) is 2.02. The Hall–Kier alpha value is -1.60. The summed E-state index contributed by atoms with van der Waals surface area (Å²) in [5.41, 5.74) is 5.36. The minimum Gasteiger partial charge on any atom is -0.493 e. The first-order valence-electron chi connectivity index (χ1n) is 7.86. The van der Waals surface area contributed by atoms with Crippen LogP contribution >= 0.6 is 0 Å². The van der Waals surface area contributed by atoms with Gasteiger partial charge in [-0.2, -0.15) is 4.31 Å². The molecular formula is C16H24N2O4S. The van der Waals surface area contributed by atoms with E-state index in [0.717, 1.165) is 12.8 Å². The SMILES string of the molecule is CC(C)COc1ccc(S(=O)(=O)N2CCCC[C@H]2C(N)=O)cc1. The van der Waals surface area contributed by atoms with Crippen LogP contribution < -0.4 is 10.5 Å². The summed E-state index contributed by atoms with van der Waals surface area (Å²) in [5.74, 6) is 0.427. The Bertz CT molecular complexity index is 641. The Morgan fingerprint density at radius 1 is 1.30 bits per heavy atom. The molecule has 0 spiro atoms. The predicted octanol–water partition coefficient (Wildman–Crippen LogP) is 1.75. The monoisotopic (exact) mass is 340 g/mol. The first-order chi connectivity index (χ1) is 10.8. The van der Waals surface area contributed by atoms with Crippen LogP contribution in [0, 0.1) is 5.92 Å². The molecule has 23 heavy (non-hydrogen) atoms. The lowest BCUT2D eigenvalue weighted by atomic mass is 10.0. The average molecular weight is 340 g/mol. The summed E-state index contributed by atoms with van der Waals surface area (Å²) in [6, 6.07) is 5.54. The second-order valence-electron chi connectivity index (χ2n) is 6.21. The molecule has 1 aliphatic heterocycles. The van der Waals surface area contributed by atoms with Crippen molar-refractivity contribution in [2.24, 2.45) is 11.7 Å². The molecule has 2 N–H and O–H groups in total. The molecule has 1 aromatic carbocycles. The van der Waals surface area contributed by atoms with E-state index >= 15 is 0 Å². The molecule has 1 aliphatic rings. The molecule has 0 aromatic heterocycles. The second-order valence-corrected chi connectivity index (χ2v) is 8.10. The van der Waals surface area contributed by atoms with Crippen molar-refractivity contribution >= 4 is 15.9 Å². The third kappa shape index (κ3) is 4.23. The van der Waals surface area contributed by atoms with Gasteiger partial charge in [0.05, 0.1) is 11.5 Å². The summed E-state index contributed by atoms with van der Waals surface area (Å²) in [5, 5.41) is 0. The van der Waals surface area contributed by atoms with Gasteiger partial charge < -0.3 is 10.5 Å². The Kier molecular flexibility index (Phi) is 5.64. The van der Waals surface area contributed by atoms with Crippen LogP contribution in [-0.4, -0.2) is 37.8 Å². The molecule has 7 heteroatoms. The number of amides is 1. The van der Waals surface area contributed by atoms with Crippen molar-refractivity contribution in [3.05, 3.63) is 24.3 Å². The number of sulfonamides is 1. The van der Waals surface area contributed by atoms with Crippen molar-refractivity contribution in [1.29, 1.82) is 0 Å². The molecule has 1 aromatic rings. The van der Waals surface area contributed by atoms with Crippen LogP contribution in [0.4, 0.5) is 0 Å². The number of nitrogens with two attached hydrogens (primary N) is 1. The number of hydrogen-bond donors (Lipinski definition) is 1. The molecule has 0 radical (unpaired) electrons. The molecule has 1 atom stereocenters. The van der Waals surface area contributed by atoms with Crippen LogP contribution in [0.15, 0.2) is 29.2 Å². The molecule has 0 unspecified atom stereocenters. The van der Waals surface area contributed by atoms with Gasteiger partial charge in [0.15, 0.2) is 0 Å². The van der Waals surface area contributed by atoms with Gasteiger partial charge in [0.25, 0.3) is 0 Å². The zero-order chi connectivity index (χ0) is 17.0. The highest BCUT2D eigenvalue weighted by atomic mass is 32.2. The van der Waals surface area contributed by atoms with Gasteiger partial charge in [0.1, 0.15) is 11.8 Å². The Labute approximate surface area is 137 Å². The Balaban J connectivity index is 2.19. The van der Waals surface area contributed by atoms with Gasteiger partial charge in [-0.05, 0) is 43.0 Å². The van der Waals surface area contributed by atoms with E-state index in [1.807, 2.05) is 13.8 Å². The number of hydrogen-bond acceptors (Lipinski definition) is 4. The molecule has 1 saturated heterocycles. The zero-order valence-corrected chi connectivity index (χ0v) is 14.4. The maximum atomic E-state index is 12.8.